The van der Waals surface area contributed by atoms with Crippen LogP contribution in [0, 0.1) is 0 Å². The molecular formula is C19H20ClN5O. The summed E-state index contributed by atoms with van der Waals surface area (Å²) in [5, 5.41) is 10.8. The van der Waals surface area contributed by atoms with Crippen LogP contribution >= 0.6 is 11.6 Å². The Hall–Kier alpha value is -2.70. The number of nitrogens with zero attached hydrogens (tertiary/aromatic N) is 3. The number of anilines is 1. The van der Waals surface area contributed by atoms with E-state index in [0.717, 1.165) is 11.1 Å². The monoisotopic (exact) mass is 369 g/mol. The van der Waals surface area contributed by atoms with E-state index in [1.54, 1.807) is 18.3 Å². The average molecular weight is 370 g/mol. The zero-order chi connectivity index (χ0) is 18.4. The molecule has 0 aliphatic carbocycles. The van der Waals surface area contributed by atoms with E-state index in [1.165, 1.54) is 6.20 Å². The molecule has 2 aromatic heterocycles. The number of carbonyl (C=O) groups is 1. The molecule has 26 heavy (non-hydrogen) atoms. The Labute approximate surface area is 157 Å². The third kappa shape index (κ3) is 4.91. The molecule has 1 aromatic carbocycles. The summed E-state index contributed by atoms with van der Waals surface area (Å²) in [6.45, 7) is 3.10. The van der Waals surface area contributed by atoms with Crippen molar-refractivity contribution in [3.63, 3.8) is 0 Å². The summed E-state index contributed by atoms with van der Waals surface area (Å²) in [5.41, 5.74) is 2.29. The van der Waals surface area contributed by atoms with E-state index in [2.05, 4.69) is 32.8 Å². The summed E-state index contributed by atoms with van der Waals surface area (Å²) in [4.78, 5) is 16.4. The Morgan fingerprint density at radius 1 is 1.19 bits per heavy atom. The van der Waals surface area contributed by atoms with Gasteiger partial charge in [-0.1, -0.05) is 35.9 Å². The number of hydrogen-bond donors (Lipinski definition) is 2. The second-order valence-corrected chi connectivity index (χ2v) is 6.36. The van der Waals surface area contributed by atoms with Gasteiger partial charge in [-0.3, -0.25) is 9.48 Å². The average Bonchev–Trinajstić information content (AvgIpc) is 3.15. The second kappa shape index (κ2) is 8.60. The minimum absolute atomic E-state index is 0.149. The molecule has 7 heteroatoms. The SMILES string of the molecule is CC(NCc1ccccc1Cn1cccn1)C(=O)Nc1ccc(Cl)cn1. The summed E-state index contributed by atoms with van der Waals surface area (Å²) in [6, 6.07) is 13.0. The van der Waals surface area contributed by atoms with Crippen LogP contribution in [0.1, 0.15) is 18.1 Å². The minimum atomic E-state index is -0.370. The summed E-state index contributed by atoms with van der Waals surface area (Å²) in [6.07, 6.45) is 5.19. The predicted octanol–water partition coefficient (Wildman–Crippen LogP) is 3.10. The van der Waals surface area contributed by atoms with Crippen LogP contribution in [0.15, 0.2) is 61.1 Å². The lowest BCUT2D eigenvalue weighted by Crippen LogP contribution is -2.38. The molecule has 0 fully saturated rings. The van der Waals surface area contributed by atoms with Gasteiger partial charge in [-0.05, 0) is 36.2 Å². The van der Waals surface area contributed by atoms with Crippen molar-refractivity contribution in [2.24, 2.45) is 0 Å². The van der Waals surface area contributed by atoms with Gasteiger partial charge < -0.3 is 10.6 Å². The smallest absolute Gasteiger partial charge is 0.242 e. The highest BCUT2D eigenvalue weighted by Crippen LogP contribution is 2.12. The number of halogens is 1. The Bertz CT molecular complexity index is 849. The number of rotatable bonds is 7. The molecule has 1 atom stereocenters. The van der Waals surface area contributed by atoms with Crippen molar-refractivity contribution < 1.29 is 4.79 Å². The van der Waals surface area contributed by atoms with Crippen molar-refractivity contribution in [3.05, 3.63) is 77.2 Å². The Kier molecular flexibility index (Phi) is 5.99. The first-order chi connectivity index (χ1) is 12.6. The van der Waals surface area contributed by atoms with E-state index in [1.807, 2.05) is 36.0 Å². The van der Waals surface area contributed by atoms with Crippen LogP contribution in [-0.4, -0.2) is 26.7 Å². The molecule has 134 valence electrons. The quantitative estimate of drug-likeness (QED) is 0.671. The zero-order valence-corrected chi connectivity index (χ0v) is 15.1. The zero-order valence-electron chi connectivity index (χ0n) is 14.4. The highest BCUT2D eigenvalue weighted by Gasteiger charge is 2.14. The first kappa shape index (κ1) is 18.1. The van der Waals surface area contributed by atoms with Crippen LogP contribution in [0.25, 0.3) is 0 Å². The molecule has 1 unspecified atom stereocenters. The maximum atomic E-state index is 12.3. The maximum absolute atomic E-state index is 12.3. The van der Waals surface area contributed by atoms with E-state index in [4.69, 9.17) is 11.6 Å². The molecule has 0 spiro atoms. The molecule has 0 saturated carbocycles. The number of aromatic nitrogens is 3. The van der Waals surface area contributed by atoms with E-state index in [9.17, 15) is 4.79 Å². The fourth-order valence-electron chi connectivity index (χ4n) is 2.49. The lowest BCUT2D eigenvalue weighted by atomic mass is 10.1. The highest BCUT2D eigenvalue weighted by atomic mass is 35.5. The van der Waals surface area contributed by atoms with Crippen molar-refractivity contribution in [1.82, 2.24) is 20.1 Å². The molecule has 3 aromatic rings. The molecule has 0 aliphatic rings. The number of carbonyl (C=O) groups excluding carboxylic acids is 1. The summed E-state index contributed by atoms with van der Waals surface area (Å²) < 4.78 is 1.88. The van der Waals surface area contributed by atoms with E-state index in [0.29, 0.717) is 23.9 Å². The van der Waals surface area contributed by atoms with Crippen LogP contribution in [0.2, 0.25) is 5.02 Å². The number of nitrogens with one attached hydrogen (secondary N) is 2. The molecule has 3 rings (SSSR count). The van der Waals surface area contributed by atoms with Gasteiger partial charge >= 0.3 is 0 Å². The van der Waals surface area contributed by atoms with Crippen molar-refractivity contribution in [1.29, 1.82) is 0 Å². The molecule has 0 saturated heterocycles. The van der Waals surface area contributed by atoms with E-state index >= 15 is 0 Å². The van der Waals surface area contributed by atoms with Gasteiger partial charge in [-0.25, -0.2) is 4.98 Å². The van der Waals surface area contributed by atoms with Crippen LogP contribution in [0.4, 0.5) is 5.82 Å². The molecule has 2 N–H and O–H groups in total. The van der Waals surface area contributed by atoms with E-state index < -0.39 is 0 Å². The third-order valence-electron chi connectivity index (χ3n) is 3.98. The molecular weight excluding hydrogens is 350 g/mol. The van der Waals surface area contributed by atoms with Gasteiger partial charge in [0, 0.05) is 25.1 Å². The molecule has 6 nitrogen and oxygen atoms in total. The van der Waals surface area contributed by atoms with Gasteiger partial charge in [0.25, 0.3) is 0 Å². The first-order valence-corrected chi connectivity index (χ1v) is 8.69. The van der Waals surface area contributed by atoms with E-state index in [-0.39, 0.29) is 11.9 Å². The molecule has 1 amide bonds. The third-order valence-corrected chi connectivity index (χ3v) is 4.20. The van der Waals surface area contributed by atoms with Gasteiger partial charge in [-0.15, -0.1) is 0 Å². The van der Waals surface area contributed by atoms with Crippen molar-refractivity contribution in [2.75, 3.05) is 5.32 Å². The van der Waals surface area contributed by atoms with Crippen LogP contribution in [-0.2, 0) is 17.9 Å². The maximum Gasteiger partial charge on any atom is 0.242 e. The summed E-state index contributed by atoms with van der Waals surface area (Å²) in [7, 11) is 0. The van der Waals surface area contributed by atoms with Gasteiger partial charge in [0.1, 0.15) is 5.82 Å². The highest BCUT2D eigenvalue weighted by molar-refractivity contribution is 6.30. The normalized spacial score (nSPS) is 11.9. The Morgan fingerprint density at radius 3 is 2.69 bits per heavy atom. The molecule has 0 aliphatic heterocycles. The minimum Gasteiger partial charge on any atom is -0.309 e. The number of amides is 1. The lowest BCUT2D eigenvalue weighted by molar-refractivity contribution is -0.117. The summed E-state index contributed by atoms with van der Waals surface area (Å²) in [5.74, 6) is 0.330. The van der Waals surface area contributed by atoms with Crippen LogP contribution < -0.4 is 10.6 Å². The van der Waals surface area contributed by atoms with Gasteiger partial charge in [0.15, 0.2) is 0 Å². The largest absolute Gasteiger partial charge is 0.309 e. The molecule has 0 radical (unpaired) electrons. The fraction of sp³-hybridized carbons (Fsp3) is 0.211. The second-order valence-electron chi connectivity index (χ2n) is 5.93. The number of benzene rings is 1. The standard InChI is InChI=1S/C19H20ClN5O/c1-14(19(26)24-18-8-7-17(20)12-22-18)21-11-15-5-2-3-6-16(15)13-25-10-4-9-23-25/h2-10,12,14,21H,11,13H2,1H3,(H,22,24,26). The topological polar surface area (TPSA) is 71.8 Å². The number of hydrogen-bond acceptors (Lipinski definition) is 4. The Morgan fingerprint density at radius 2 is 2.00 bits per heavy atom. The first-order valence-electron chi connectivity index (χ1n) is 8.32. The van der Waals surface area contributed by atoms with Crippen molar-refractivity contribution in [2.45, 2.75) is 26.1 Å². The predicted molar refractivity (Wildman–Crippen MR) is 102 cm³/mol. The van der Waals surface area contributed by atoms with Gasteiger partial charge in [0.05, 0.1) is 17.6 Å². The summed E-state index contributed by atoms with van der Waals surface area (Å²) >= 11 is 5.80. The molecule has 0 bridgehead atoms. The van der Waals surface area contributed by atoms with Crippen LogP contribution in [0.3, 0.4) is 0 Å². The van der Waals surface area contributed by atoms with Crippen molar-refractivity contribution >= 4 is 23.3 Å². The molecule has 2 heterocycles. The van der Waals surface area contributed by atoms with Gasteiger partial charge in [0.2, 0.25) is 5.91 Å². The van der Waals surface area contributed by atoms with Crippen molar-refractivity contribution in [3.8, 4) is 0 Å². The Balaban J connectivity index is 1.58. The fourth-order valence-corrected chi connectivity index (χ4v) is 2.60. The van der Waals surface area contributed by atoms with Crippen LogP contribution in [0.5, 0.6) is 0 Å². The van der Waals surface area contributed by atoms with Gasteiger partial charge in [-0.2, -0.15) is 5.10 Å². The lowest BCUT2D eigenvalue weighted by Gasteiger charge is -2.16. The number of pyridine rings is 1.